The number of hydrogen-bond acceptors (Lipinski definition) is 3. The average molecular weight is 323 g/mol. The van der Waals surface area contributed by atoms with Gasteiger partial charge in [0.15, 0.2) is 5.13 Å². The van der Waals surface area contributed by atoms with Crippen LogP contribution in [0, 0.1) is 13.8 Å². The van der Waals surface area contributed by atoms with Crippen LogP contribution >= 0.6 is 34.5 Å². The largest absolute Gasteiger partial charge is 0.329 e. The van der Waals surface area contributed by atoms with Gasteiger partial charge in [0.05, 0.1) is 25.9 Å². The first kappa shape index (κ1) is 13.7. The minimum Gasteiger partial charge on any atom is -0.329 e. The molecular weight excluding hydrogens is 311 g/mol. The van der Waals surface area contributed by atoms with Gasteiger partial charge in [-0.3, -0.25) is 0 Å². The maximum atomic E-state index is 6.30. The number of thiazole rings is 1. The predicted octanol–water partition coefficient (Wildman–Crippen LogP) is 5.96. The van der Waals surface area contributed by atoms with Crippen LogP contribution in [-0.4, -0.2) is 4.98 Å². The van der Waals surface area contributed by atoms with Gasteiger partial charge in [0, 0.05) is 0 Å². The van der Waals surface area contributed by atoms with E-state index in [4.69, 9.17) is 23.2 Å². The molecular formula is C15H12Cl2N2S. The van der Waals surface area contributed by atoms with E-state index in [0.29, 0.717) is 15.7 Å². The third-order valence-corrected chi connectivity index (χ3v) is 4.80. The van der Waals surface area contributed by atoms with E-state index < -0.39 is 0 Å². The highest BCUT2D eigenvalue weighted by Crippen LogP contribution is 2.37. The summed E-state index contributed by atoms with van der Waals surface area (Å²) in [4.78, 5) is 4.55. The molecule has 3 aromatic rings. The van der Waals surface area contributed by atoms with E-state index >= 15 is 0 Å². The molecule has 0 fully saturated rings. The van der Waals surface area contributed by atoms with Gasteiger partial charge in [-0.05, 0) is 43.2 Å². The lowest BCUT2D eigenvalue weighted by Gasteiger charge is -2.09. The van der Waals surface area contributed by atoms with Crippen molar-refractivity contribution >= 4 is 55.6 Å². The van der Waals surface area contributed by atoms with Gasteiger partial charge in [0.25, 0.3) is 0 Å². The molecule has 0 atom stereocenters. The maximum absolute atomic E-state index is 6.30. The van der Waals surface area contributed by atoms with Crippen LogP contribution in [0.1, 0.15) is 11.1 Å². The summed E-state index contributed by atoms with van der Waals surface area (Å²) in [5, 5.41) is 5.25. The molecule has 20 heavy (non-hydrogen) atoms. The molecule has 0 aliphatic rings. The number of rotatable bonds is 2. The lowest BCUT2D eigenvalue weighted by molar-refractivity contribution is 1.41. The Balaban J connectivity index is 2.03. The molecule has 0 spiro atoms. The molecule has 0 saturated carbocycles. The van der Waals surface area contributed by atoms with Gasteiger partial charge in [-0.1, -0.05) is 46.7 Å². The molecule has 1 aromatic heterocycles. The van der Waals surface area contributed by atoms with Crippen molar-refractivity contribution in [3.05, 3.63) is 51.5 Å². The Bertz CT molecular complexity index is 796. The summed E-state index contributed by atoms with van der Waals surface area (Å²) >= 11 is 14.1. The highest BCUT2D eigenvalue weighted by atomic mass is 35.5. The first-order chi connectivity index (χ1) is 9.54. The van der Waals surface area contributed by atoms with Crippen molar-refractivity contribution < 1.29 is 0 Å². The van der Waals surface area contributed by atoms with Crippen LogP contribution in [0.2, 0.25) is 10.0 Å². The summed E-state index contributed by atoms with van der Waals surface area (Å²) in [5.74, 6) is 0. The van der Waals surface area contributed by atoms with Crippen molar-refractivity contribution in [2.24, 2.45) is 0 Å². The van der Waals surface area contributed by atoms with Crippen LogP contribution in [0.4, 0.5) is 10.8 Å². The van der Waals surface area contributed by atoms with E-state index in [1.54, 1.807) is 11.3 Å². The lowest BCUT2D eigenvalue weighted by atomic mass is 10.2. The topological polar surface area (TPSA) is 24.9 Å². The Morgan fingerprint density at radius 1 is 1.10 bits per heavy atom. The van der Waals surface area contributed by atoms with Crippen molar-refractivity contribution in [1.29, 1.82) is 0 Å². The smallest absolute Gasteiger partial charge is 0.188 e. The molecule has 2 aromatic carbocycles. The average Bonchev–Trinajstić information content (AvgIpc) is 2.81. The molecule has 0 radical (unpaired) electrons. The van der Waals surface area contributed by atoms with Crippen molar-refractivity contribution in [3.63, 3.8) is 0 Å². The van der Waals surface area contributed by atoms with E-state index in [-0.39, 0.29) is 0 Å². The number of fused-ring (bicyclic) bond motifs is 1. The van der Waals surface area contributed by atoms with E-state index in [1.165, 1.54) is 5.56 Å². The van der Waals surface area contributed by atoms with Crippen LogP contribution in [0.5, 0.6) is 0 Å². The van der Waals surface area contributed by atoms with Crippen molar-refractivity contribution in [2.75, 3.05) is 5.32 Å². The van der Waals surface area contributed by atoms with Crippen LogP contribution in [0.15, 0.2) is 30.3 Å². The van der Waals surface area contributed by atoms with Gasteiger partial charge in [0.2, 0.25) is 0 Å². The summed E-state index contributed by atoms with van der Waals surface area (Å²) < 4.78 is 1.15. The molecule has 0 saturated heterocycles. The van der Waals surface area contributed by atoms with E-state index in [9.17, 15) is 0 Å². The van der Waals surface area contributed by atoms with Crippen molar-refractivity contribution in [3.8, 4) is 0 Å². The highest BCUT2D eigenvalue weighted by Gasteiger charge is 2.11. The van der Waals surface area contributed by atoms with Gasteiger partial charge in [-0.2, -0.15) is 0 Å². The molecule has 1 N–H and O–H groups in total. The number of aryl methyl sites for hydroxylation is 2. The van der Waals surface area contributed by atoms with Crippen LogP contribution in [-0.2, 0) is 0 Å². The zero-order chi connectivity index (χ0) is 14.3. The molecule has 2 nitrogen and oxygen atoms in total. The summed E-state index contributed by atoms with van der Waals surface area (Å²) in [7, 11) is 0. The second kappa shape index (κ2) is 5.24. The Kier molecular flexibility index (Phi) is 3.59. The maximum Gasteiger partial charge on any atom is 0.188 e. The molecule has 1 heterocycles. The number of benzene rings is 2. The molecule has 5 heteroatoms. The van der Waals surface area contributed by atoms with Gasteiger partial charge >= 0.3 is 0 Å². The first-order valence-electron chi connectivity index (χ1n) is 6.13. The van der Waals surface area contributed by atoms with Gasteiger partial charge < -0.3 is 5.32 Å². The number of nitrogens with zero attached hydrogens (tertiary/aromatic N) is 1. The number of aromatic nitrogens is 1. The number of halogens is 2. The molecule has 0 aliphatic carbocycles. The minimum absolute atomic E-state index is 0.594. The SMILES string of the molecule is Cc1ccc2nc(Nc3c(Cl)ccc(C)c3Cl)sc2c1. The second-order valence-corrected chi connectivity index (χ2v) is 6.48. The Hall–Kier alpha value is -1.29. The van der Waals surface area contributed by atoms with E-state index in [2.05, 4.69) is 29.4 Å². The molecule has 0 aliphatic heterocycles. The summed E-state index contributed by atoms with van der Waals surface area (Å²) in [6, 6.07) is 9.93. The summed E-state index contributed by atoms with van der Waals surface area (Å²) in [5.41, 5.74) is 3.89. The highest BCUT2D eigenvalue weighted by molar-refractivity contribution is 7.22. The summed E-state index contributed by atoms with van der Waals surface area (Å²) in [6.45, 7) is 4.02. The normalized spacial score (nSPS) is 11.0. The number of hydrogen-bond donors (Lipinski definition) is 1. The molecule has 0 bridgehead atoms. The zero-order valence-corrected chi connectivity index (χ0v) is 13.3. The molecule has 0 amide bonds. The van der Waals surface area contributed by atoms with E-state index in [0.717, 1.165) is 20.9 Å². The molecule has 3 rings (SSSR count). The molecule has 0 unspecified atom stereocenters. The fraction of sp³-hybridized carbons (Fsp3) is 0.133. The number of nitrogens with one attached hydrogen (secondary N) is 1. The Labute approximate surface area is 131 Å². The monoisotopic (exact) mass is 322 g/mol. The quantitative estimate of drug-likeness (QED) is 0.629. The molecule has 102 valence electrons. The van der Waals surface area contributed by atoms with Gasteiger partial charge in [-0.15, -0.1) is 0 Å². The van der Waals surface area contributed by atoms with Gasteiger partial charge in [-0.25, -0.2) is 4.98 Å². The summed E-state index contributed by atoms with van der Waals surface area (Å²) in [6.07, 6.45) is 0. The van der Waals surface area contributed by atoms with Crippen LogP contribution < -0.4 is 5.32 Å². The zero-order valence-electron chi connectivity index (χ0n) is 11.0. The van der Waals surface area contributed by atoms with Gasteiger partial charge in [0.1, 0.15) is 0 Å². The predicted molar refractivity (Wildman–Crippen MR) is 88.8 cm³/mol. The third kappa shape index (κ3) is 2.49. The minimum atomic E-state index is 0.594. The first-order valence-corrected chi connectivity index (χ1v) is 7.70. The fourth-order valence-corrected chi connectivity index (χ4v) is 3.40. The lowest BCUT2D eigenvalue weighted by Crippen LogP contribution is -1.93. The standard InChI is InChI=1S/C15H12Cl2N2S/c1-8-3-6-11-12(7-8)20-15(18-11)19-14-10(16)5-4-9(2)13(14)17/h3-7H,1-2H3,(H,18,19). The Morgan fingerprint density at radius 2 is 1.90 bits per heavy atom. The Morgan fingerprint density at radius 3 is 2.70 bits per heavy atom. The van der Waals surface area contributed by atoms with E-state index in [1.807, 2.05) is 25.1 Å². The van der Waals surface area contributed by atoms with Crippen molar-refractivity contribution in [2.45, 2.75) is 13.8 Å². The second-order valence-electron chi connectivity index (χ2n) is 4.67. The van der Waals surface area contributed by atoms with Crippen LogP contribution in [0.3, 0.4) is 0 Å². The number of anilines is 2. The van der Waals surface area contributed by atoms with Crippen molar-refractivity contribution in [1.82, 2.24) is 4.98 Å². The fourth-order valence-electron chi connectivity index (χ4n) is 1.96. The third-order valence-electron chi connectivity index (χ3n) is 3.06. The van der Waals surface area contributed by atoms with Crippen LogP contribution in [0.25, 0.3) is 10.2 Å².